The molecule has 2 rings (SSSR count). The van der Waals surface area contributed by atoms with E-state index in [4.69, 9.17) is 4.74 Å². The van der Waals surface area contributed by atoms with Crippen molar-refractivity contribution in [1.82, 2.24) is 10.2 Å². The van der Waals surface area contributed by atoms with Crippen LogP contribution in [0.2, 0.25) is 0 Å². The number of hydrogen-bond donors (Lipinski definition) is 1. The topological polar surface area (TPSA) is 24.5 Å². The second-order valence-corrected chi connectivity index (χ2v) is 5.75. The van der Waals surface area contributed by atoms with Crippen molar-refractivity contribution >= 4 is 0 Å². The van der Waals surface area contributed by atoms with Gasteiger partial charge in [0.1, 0.15) is 12.4 Å². The molecule has 0 saturated carbocycles. The van der Waals surface area contributed by atoms with Crippen LogP contribution in [0.1, 0.15) is 25.3 Å². The molecule has 1 aromatic rings. The first-order valence-corrected chi connectivity index (χ1v) is 7.90. The van der Waals surface area contributed by atoms with Crippen LogP contribution in [0.4, 0.5) is 0 Å². The van der Waals surface area contributed by atoms with Gasteiger partial charge in [0.05, 0.1) is 0 Å². The summed E-state index contributed by atoms with van der Waals surface area (Å²) in [5, 5.41) is 3.46. The largest absolute Gasteiger partial charge is 0.492 e. The molecule has 1 aliphatic heterocycles. The van der Waals surface area contributed by atoms with Crippen molar-refractivity contribution in [3.05, 3.63) is 29.8 Å². The molecule has 1 heterocycles. The van der Waals surface area contributed by atoms with Crippen LogP contribution >= 0.6 is 0 Å². The van der Waals surface area contributed by atoms with E-state index in [1.54, 1.807) is 0 Å². The lowest BCUT2D eigenvalue weighted by atomic mass is 9.97. The minimum absolute atomic E-state index is 0.793. The molecule has 1 fully saturated rings. The van der Waals surface area contributed by atoms with E-state index in [2.05, 4.69) is 48.3 Å². The SMILES string of the molecule is CCNCC1CCN(CCOc2ccc(C)cc2)CC1. The molecule has 0 bridgehead atoms. The van der Waals surface area contributed by atoms with Crippen molar-refractivity contribution in [3.8, 4) is 5.75 Å². The molecule has 0 aromatic heterocycles. The van der Waals surface area contributed by atoms with E-state index < -0.39 is 0 Å². The first-order valence-electron chi connectivity index (χ1n) is 7.90. The average molecular weight is 276 g/mol. The van der Waals surface area contributed by atoms with Crippen LogP contribution in [-0.4, -0.2) is 44.2 Å². The summed E-state index contributed by atoms with van der Waals surface area (Å²) in [4.78, 5) is 2.52. The Morgan fingerprint density at radius 2 is 1.90 bits per heavy atom. The van der Waals surface area contributed by atoms with Crippen molar-refractivity contribution in [2.75, 3.05) is 39.3 Å². The van der Waals surface area contributed by atoms with Gasteiger partial charge in [0.2, 0.25) is 0 Å². The van der Waals surface area contributed by atoms with Gasteiger partial charge in [0.25, 0.3) is 0 Å². The van der Waals surface area contributed by atoms with Crippen LogP contribution in [0.3, 0.4) is 0 Å². The third kappa shape index (κ3) is 5.14. The molecular formula is C17H28N2O. The number of aryl methyl sites for hydroxylation is 1. The molecule has 1 N–H and O–H groups in total. The monoisotopic (exact) mass is 276 g/mol. The zero-order chi connectivity index (χ0) is 14.2. The summed E-state index contributed by atoms with van der Waals surface area (Å²) >= 11 is 0. The normalized spacial score (nSPS) is 17.3. The van der Waals surface area contributed by atoms with Crippen LogP contribution in [-0.2, 0) is 0 Å². The van der Waals surface area contributed by atoms with Gasteiger partial charge in [-0.15, -0.1) is 0 Å². The summed E-state index contributed by atoms with van der Waals surface area (Å²) in [5.74, 6) is 1.85. The van der Waals surface area contributed by atoms with Crippen LogP contribution < -0.4 is 10.1 Å². The molecule has 3 nitrogen and oxygen atoms in total. The quantitative estimate of drug-likeness (QED) is 0.828. The van der Waals surface area contributed by atoms with E-state index in [9.17, 15) is 0 Å². The van der Waals surface area contributed by atoms with Crippen LogP contribution in [0.5, 0.6) is 5.75 Å². The van der Waals surface area contributed by atoms with Crippen LogP contribution in [0.15, 0.2) is 24.3 Å². The summed E-state index contributed by atoms with van der Waals surface area (Å²) < 4.78 is 5.80. The number of nitrogens with zero attached hydrogens (tertiary/aromatic N) is 1. The summed E-state index contributed by atoms with van der Waals surface area (Å²) in [5.41, 5.74) is 1.28. The van der Waals surface area contributed by atoms with E-state index in [1.165, 1.54) is 38.0 Å². The molecule has 0 radical (unpaired) electrons. The fourth-order valence-corrected chi connectivity index (χ4v) is 2.69. The minimum Gasteiger partial charge on any atom is -0.492 e. The number of benzene rings is 1. The van der Waals surface area contributed by atoms with Gasteiger partial charge in [0.15, 0.2) is 0 Å². The Labute approximate surface area is 123 Å². The highest BCUT2D eigenvalue weighted by Crippen LogP contribution is 2.16. The molecule has 20 heavy (non-hydrogen) atoms. The second kappa shape index (κ2) is 8.28. The number of piperidine rings is 1. The number of nitrogens with one attached hydrogen (secondary N) is 1. The molecule has 1 saturated heterocycles. The predicted octanol–water partition coefficient (Wildman–Crippen LogP) is 2.70. The lowest BCUT2D eigenvalue weighted by Crippen LogP contribution is -2.39. The van der Waals surface area contributed by atoms with E-state index in [0.29, 0.717) is 0 Å². The molecular weight excluding hydrogens is 248 g/mol. The molecule has 1 aliphatic rings. The van der Waals surface area contributed by atoms with Crippen LogP contribution in [0, 0.1) is 12.8 Å². The Hall–Kier alpha value is -1.06. The molecule has 0 spiro atoms. The maximum absolute atomic E-state index is 5.80. The lowest BCUT2D eigenvalue weighted by molar-refractivity contribution is 0.154. The van der Waals surface area contributed by atoms with Crippen LogP contribution in [0.25, 0.3) is 0 Å². The van der Waals surface area contributed by atoms with Gasteiger partial charge in [-0.1, -0.05) is 24.6 Å². The number of rotatable bonds is 7. The fourth-order valence-electron chi connectivity index (χ4n) is 2.69. The molecule has 3 heteroatoms. The van der Waals surface area contributed by atoms with E-state index in [-0.39, 0.29) is 0 Å². The highest BCUT2D eigenvalue weighted by atomic mass is 16.5. The smallest absolute Gasteiger partial charge is 0.119 e. The third-order valence-corrected chi connectivity index (χ3v) is 4.09. The fraction of sp³-hybridized carbons (Fsp3) is 0.647. The summed E-state index contributed by atoms with van der Waals surface area (Å²) in [6, 6.07) is 8.30. The highest BCUT2D eigenvalue weighted by Gasteiger charge is 2.18. The number of ether oxygens (including phenoxy) is 1. The van der Waals surface area contributed by atoms with Gasteiger partial charge >= 0.3 is 0 Å². The Morgan fingerprint density at radius 3 is 2.55 bits per heavy atom. The van der Waals surface area contributed by atoms with Gasteiger partial charge in [-0.25, -0.2) is 0 Å². The Morgan fingerprint density at radius 1 is 1.20 bits per heavy atom. The minimum atomic E-state index is 0.793. The van der Waals surface area contributed by atoms with Crippen molar-refractivity contribution in [1.29, 1.82) is 0 Å². The highest BCUT2D eigenvalue weighted by molar-refractivity contribution is 5.26. The number of likely N-dealkylation sites (tertiary alicyclic amines) is 1. The molecule has 0 amide bonds. The van der Waals surface area contributed by atoms with Crippen molar-refractivity contribution < 1.29 is 4.74 Å². The van der Waals surface area contributed by atoms with Gasteiger partial charge < -0.3 is 10.1 Å². The maximum atomic E-state index is 5.80. The van der Waals surface area contributed by atoms with Crippen molar-refractivity contribution in [3.63, 3.8) is 0 Å². The van der Waals surface area contributed by atoms with Gasteiger partial charge in [-0.2, -0.15) is 0 Å². The Bertz CT molecular complexity index is 369. The maximum Gasteiger partial charge on any atom is 0.119 e. The van der Waals surface area contributed by atoms with E-state index in [1.807, 2.05) is 0 Å². The second-order valence-electron chi connectivity index (χ2n) is 5.75. The first-order chi connectivity index (χ1) is 9.78. The third-order valence-electron chi connectivity index (χ3n) is 4.09. The first kappa shape index (κ1) is 15.3. The summed E-state index contributed by atoms with van der Waals surface area (Å²) in [7, 11) is 0. The lowest BCUT2D eigenvalue weighted by Gasteiger charge is -2.31. The molecule has 112 valence electrons. The molecule has 0 aliphatic carbocycles. The summed E-state index contributed by atoms with van der Waals surface area (Å²) in [6.45, 7) is 10.8. The molecule has 0 atom stereocenters. The zero-order valence-electron chi connectivity index (χ0n) is 12.9. The van der Waals surface area contributed by atoms with Crippen molar-refractivity contribution in [2.24, 2.45) is 5.92 Å². The van der Waals surface area contributed by atoms with E-state index >= 15 is 0 Å². The average Bonchev–Trinajstić information content (AvgIpc) is 2.48. The Balaban J connectivity index is 1.60. The molecule has 0 unspecified atom stereocenters. The van der Waals surface area contributed by atoms with Gasteiger partial charge in [0, 0.05) is 6.54 Å². The van der Waals surface area contributed by atoms with Crippen molar-refractivity contribution in [2.45, 2.75) is 26.7 Å². The zero-order valence-corrected chi connectivity index (χ0v) is 12.9. The standard InChI is InChI=1S/C17H28N2O/c1-3-18-14-16-8-10-19(11-9-16)12-13-20-17-6-4-15(2)5-7-17/h4-7,16,18H,3,8-14H2,1-2H3. The predicted molar refractivity (Wildman–Crippen MR) is 84.4 cm³/mol. The van der Waals surface area contributed by atoms with Gasteiger partial charge in [-0.05, 0) is 64.0 Å². The molecule has 1 aromatic carbocycles. The van der Waals surface area contributed by atoms with E-state index in [0.717, 1.165) is 31.4 Å². The van der Waals surface area contributed by atoms with Gasteiger partial charge in [-0.3, -0.25) is 4.90 Å². The number of hydrogen-bond acceptors (Lipinski definition) is 3. The Kier molecular flexibility index (Phi) is 6.34. The summed E-state index contributed by atoms with van der Waals surface area (Å²) in [6.07, 6.45) is 2.63.